The predicted molar refractivity (Wildman–Crippen MR) is 93.2 cm³/mol. The number of benzene rings is 1. The van der Waals surface area contributed by atoms with E-state index in [1.165, 1.54) is 13.2 Å². The summed E-state index contributed by atoms with van der Waals surface area (Å²) in [6, 6.07) is 7.46. The van der Waals surface area contributed by atoms with Gasteiger partial charge in [0.15, 0.2) is 0 Å². The Balaban J connectivity index is 2.40. The summed E-state index contributed by atoms with van der Waals surface area (Å²) in [6.45, 7) is 5.88. The molecule has 0 aliphatic carbocycles. The zero-order valence-electron chi connectivity index (χ0n) is 14.5. The van der Waals surface area contributed by atoms with Crippen LogP contribution in [0.2, 0.25) is 0 Å². The van der Waals surface area contributed by atoms with Gasteiger partial charge in [0.05, 0.1) is 7.11 Å². The van der Waals surface area contributed by atoms with Crippen LogP contribution < -0.4 is 5.32 Å². The number of carbonyl (C=O) groups is 2. The molecule has 0 aliphatic rings. The van der Waals surface area contributed by atoms with Gasteiger partial charge in [0.2, 0.25) is 0 Å². The second kappa shape index (κ2) is 9.41. The molecule has 0 radical (unpaired) electrons. The summed E-state index contributed by atoms with van der Waals surface area (Å²) in [5, 5.41) is 2.65. The van der Waals surface area contributed by atoms with E-state index in [1.807, 2.05) is 45.0 Å². The van der Waals surface area contributed by atoms with Crippen LogP contribution in [-0.2, 0) is 14.3 Å². The lowest BCUT2D eigenvalue weighted by Crippen LogP contribution is -2.32. The molecule has 0 unspecified atom stereocenters. The molecule has 0 aliphatic heterocycles. The highest BCUT2D eigenvalue weighted by Crippen LogP contribution is 2.07. The summed E-state index contributed by atoms with van der Waals surface area (Å²) in [6.07, 6.45) is 3.13. The van der Waals surface area contributed by atoms with Gasteiger partial charge < -0.3 is 14.8 Å². The topological polar surface area (TPSA) is 64.6 Å². The lowest BCUT2D eigenvalue weighted by atomic mass is 10.1. The molecule has 0 spiro atoms. The number of ether oxygens (including phenoxy) is 2. The summed E-state index contributed by atoms with van der Waals surface area (Å²) in [5.41, 5.74) is 1.25. The number of nitrogens with one attached hydrogen (secondary N) is 1. The van der Waals surface area contributed by atoms with Gasteiger partial charge in [-0.15, -0.1) is 0 Å². The van der Waals surface area contributed by atoms with Crippen LogP contribution in [0, 0.1) is 11.8 Å². The molecule has 0 atom stereocenters. The Morgan fingerprint density at radius 2 is 1.88 bits per heavy atom. The highest BCUT2D eigenvalue weighted by molar-refractivity contribution is 5.86. The minimum Gasteiger partial charge on any atom is -0.466 e. The minimum absolute atomic E-state index is 0.392. The van der Waals surface area contributed by atoms with Crippen LogP contribution in [0.4, 0.5) is 4.79 Å². The van der Waals surface area contributed by atoms with Gasteiger partial charge >= 0.3 is 12.1 Å². The molecule has 1 aromatic rings. The quantitative estimate of drug-likeness (QED) is 0.399. The van der Waals surface area contributed by atoms with Gasteiger partial charge in [-0.3, -0.25) is 0 Å². The molecule has 0 bridgehead atoms. The SMILES string of the molecule is COC(=O)/C=C/c1ccc(C#CCCNC(=O)OC(C)(C)C)cc1. The molecule has 0 heterocycles. The maximum atomic E-state index is 11.4. The molecule has 0 saturated heterocycles. The van der Waals surface area contributed by atoms with E-state index in [0.29, 0.717) is 13.0 Å². The third kappa shape index (κ3) is 8.64. The van der Waals surface area contributed by atoms with E-state index < -0.39 is 17.7 Å². The van der Waals surface area contributed by atoms with Crippen LogP contribution >= 0.6 is 0 Å². The molecule has 0 fully saturated rings. The van der Waals surface area contributed by atoms with Crippen molar-refractivity contribution in [1.82, 2.24) is 5.32 Å². The summed E-state index contributed by atoms with van der Waals surface area (Å²) >= 11 is 0. The normalized spacial score (nSPS) is 10.7. The van der Waals surface area contributed by atoms with E-state index >= 15 is 0 Å². The first-order valence-corrected chi connectivity index (χ1v) is 7.62. The fourth-order valence-electron chi connectivity index (χ4n) is 1.62. The molecule has 1 aromatic carbocycles. The zero-order valence-corrected chi connectivity index (χ0v) is 14.5. The summed E-state index contributed by atoms with van der Waals surface area (Å²) in [7, 11) is 1.34. The van der Waals surface area contributed by atoms with Crippen LogP contribution in [-0.4, -0.2) is 31.3 Å². The second-order valence-electron chi connectivity index (χ2n) is 5.96. The molecule has 24 heavy (non-hydrogen) atoms. The van der Waals surface area contributed by atoms with Crippen molar-refractivity contribution < 1.29 is 19.1 Å². The highest BCUT2D eigenvalue weighted by atomic mass is 16.6. The number of hydrogen-bond acceptors (Lipinski definition) is 4. The molecule has 1 N–H and O–H groups in total. The largest absolute Gasteiger partial charge is 0.466 e. The lowest BCUT2D eigenvalue weighted by Gasteiger charge is -2.19. The minimum atomic E-state index is -0.500. The Bertz CT molecular complexity index is 643. The smallest absolute Gasteiger partial charge is 0.407 e. The van der Waals surface area contributed by atoms with Crippen molar-refractivity contribution in [2.75, 3.05) is 13.7 Å². The van der Waals surface area contributed by atoms with Crippen molar-refractivity contribution in [2.45, 2.75) is 32.8 Å². The number of methoxy groups -OCH3 is 1. The Kier molecular flexibility index (Phi) is 7.57. The molecule has 128 valence electrons. The Morgan fingerprint density at radius 1 is 1.21 bits per heavy atom. The lowest BCUT2D eigenvalue weighted by molar-refractivity contribution is -0.134. The highest BCUT2D eigenvalue weighted by Gasteiger charge is 2.15. The van der Waals surface area contributed by atoms with Gasteiger partial charge in [0.25, 0.3) is 0 Å². The van der Waals surface area contributed by atoms with Crippen LogP contribution in [0.3, 0.4) is 0 Å². The monoisotopic (exact) mass is 329 g/mol. The van der Waals surface area contributed by atoms with Crippen LogP contribution in [0.5, 0.6) is 0 Å². The van der Waals surface area contributed by atoms with Gasteiger partial charge in [0, 0.05) is 24.6 Å². The third-order valence-electron chi connectivity index (χ3n) is 2.67. The van der Waals surface area contributed by atoms with E-state index in [9.17, 15) is 9.59 Å². The Morgan fingerprint density at radius 3 is 2.46 bits per heavy atom. The predicted octanol–water partition coefficient (Wildman–Crippen LogP) is 3.14. The van der Waals surface area contributed by atoms with Gasteiger partial charge in [-0.2, -0.15) is 0 Å². The second-order valence-corrected chi connectivity index (χ2v) is 5.96. The zero-order chi connectivity index (χ0) is 18.0. The van der Waals surface area contributed by atoms with E-state index in [0.717, 1.165) is 11.1 Å². The Hall–Kier alpha value is -2.74. The van der Waals surface area contributed by atoms with E-state index in [1.54, 1.807) is 6.08 Å². The summed E-state index contributed by atoms with van der Waals surface area (Å²) in [4.78, 5) is 22.4. The van der Waals surface area contributed by atoms with E-state index in [4.69, 9.17) is 4.74 Å². The first-order chi connectivity index (χ1) is 11.3. The molecule has 0 aromatic heterocycles. The average Bonchev–Trinajstić information content (AvgIpc) is 2.51. The molecule has 5 nitrogen and oxygen atoms in total. The van der Waals surface area contributed by atoms with Crippen molar-refractivity contribution in [3.8, 4) is 11.8 Å². The number of amides is 1. The standard InChI is InChI=1S/C19H23NO4/c1-19(2,3)24-18(22)20-14-6-5-7-15-8-10-16(11-9-15)12-13-17(21)23-4/h8-13H,6,14H2,1-4H3,(H,20,22)/b13-12+. The number of rotatable bonds is 4. The Labute approximate surface area is 143 Å². The maximum absolute atomic E-state index is 11.4. The van der Waals surface area contributed by atoms with Crippen LogP contribution in [0.25, 0.3) is 6.08 Å². The summed E-state index contributed by atoms with van der Waals surface area (Å²) < 4.78 is 9.65. The molecule has 1 amide bonds. The first-order valence-electron chi connectivity index (χ1n) is 7.62. The van der Waals surface area contributed by atoms with E-state index in [2.05, 4.69) is 21.9 Å². The van der Waals surface area contributed by atoms with Crippen LogP contribution in [0.1, 0.15) is 38.3 Å². The molecular weight excluding hydrogens is 306 g/mol. The van der Waals surface area contributed by atoms with Gasteiger partial charge in [-0.1, -0.05) is 24.0 Å². The number of alkyl carbamates (subject to hydrolysis) is 1. The number of esters is 1. The van der Waals surface area contributed by atoms with Crippen molar-refractivity contribution in [2.24, 2.45) is 0 Å². The molecule has 0 saturated carbocycles. The molecule has 5 heteroatoms. The average molecular weight is 329 g/mol. The number of hydrogen-bond donors (Lipinski definition) is 1. The number of carbonyl (C=O) groups excluding carboxylic acids is 2. The first kappa shape index (κ1) is 19.3. The fourth-order valence-corrected chi connectivity index (χ4v) is 1.62. The van der Waals surface area contributed by atoms with Crippen molar-refractivity contribution in [3.63, 3.8) is 0 Å². The van der Waals surface area contributed by atoms with Crippen molar-refractivity contribution in [3.05, 3.63) is 41.5 Å². The van der Waals surface area contributed by atoms with E-state index in [-0.39, 0.29) is 0 Å². The van der Waals surface area contributed by atoms with Crippen LogP contribution in [0.15, 0.2) is 30.3 Å². The fraction of sp³-hybridized carbons (Fsp3) is 0.368. The van der Waals surface area contributed by atoms with Gasteiger partial charge in [0.1, 0.15) is 5.60 Å². The molecular formula is C19H23NO4. The maximum Gasteiger partial charge on any atom is 0.407 e. The summed E-state index contributed by atoms with van der Waals surface area (Å²) in [5.74, 6) is 5.61. The third-order valence-corrected chi connectivity index (χ3v) is 2.67. The van der Waals surface area contributed by atoms with Crippen molar-refractivity contribution >= 4 is 18.1 Å². The van der Waals surface area contributed by atoms with Gasteiger partial charge in [-0.25, -0.2) is 9.59 Å². The van der Waals surface area contributed by atoms with Crippen molar-refractivity contribution in [1.29, 1.82) is 0 Å². The van der Waals surface area contributed by atoms with Gasteiger partial charge in [-0.05, 0) is 44.5 Å². The molecule has 1 rings (SSSR count).